The number of allylic oxidation sites excluding steroid dienone is 8. The Morgan fingerprint density at radius 2 is 1.89 bits per heavy atom. The van der Waals surface area contributed by atoms with E-state index >= 15 is 0 Å². The van der Waals surface area contributed by atoms with Gasteiger partial charge in [-0.15, -0.1) is 5.73 Å². The summed E-state index contributed by atoms with van der Waals surface area (Å²) in [6.07, 6.45) is 17.8. The molecule has 0 fully saturated rings. The molecule has 1 aliphatic rings. The lowest BCUT2D eigenvalue weighted by molar-refractivity contribution is 0.635. The number of hydrogen-bond acceptors (Lipinski definition) is 0. The van der Waals surface area contributed by atoms with Gasteiger partial charge in [-0.05, 0) is 88.7 Å². The summed E-state index contributed by atoms with van der Waals surface area (Å²) in [6, 6.07) is 0. The molecule has 0 aromatic heterocycles. The number of rotatable bonds is 11. The Balaban J connectivity index is 2.69. The van der Waals surface area contributed by atoms with E-state index in [1.54, 1.807) is 22.3 Å². The predicted molar refractivity (Wildman–Crippen MR) is 123 cm³/mol. The summed E-state index contributed by atoms with van der Waals surface area (Å²) in [5, 5.41) is 0. The van der Waals surface area contributed by atoms with Crippen molar-refractivity contribution in [2.75, 3.05) is 0 Å². The minimum Gasteiger partial charge on any atom is -0.132 e. The molecular weight excluding hydrogens is 324 g/mol. The van der Waals surface area contributed by atoms with Crippen molar-refractivity contribution in [1.29, 1.82) is 0 Å². The highest BCUT2D eigenvalue weighted by molar-refractivity contribution is 5.38. The van der Waals surface area contributed by atoms with Crippen molar-refractivity contribution in [2.45, 2.75) is 92.4 Å². The van der Waals surface area contributed by atoms with E-state index in [2.05, 4.69) is 65.7 Å². The van der Waals surface area contributed by atoms with Crippen LogP contribution in [0.1, 0.15) is 92.4 Å². The molecule has 1 rings (SSSR count). The van der Waals surface area contributed by atoms with Crippen molar-refractivity contribution in [2.24, 2.45) is 11.8 Å². The third-order valence-electron chi connectivity index (χ3n) is 5.90. The first kappa shape index (κ1) is 23.5. The van der Waals surface area contributed by atoms with Gasteiger partial charge in [-0.25, -0.2) is 0 Å². The van der Waals surface area contributed by atoms with Crippen LogP contribution in [0.25, 0.3) is 0 Å². The SMILES string of the molecule is C=C=CC(C)C=CC(C)CCC(C)=C(C)CC1=C(CCCC)C(=C)CCC1. The fraction of sp³-hybridized carbons (Fsp3) is 0.593. The number of hydrogen-bond donors (Lipinski definition) is 0. The van der Waals surface area contributed by atoms with Crippen LogP contribution < -0.4 is 0 Å². The Hall–Kier alpha value is -1.52. The Morgan fingerprint density at radius 1 is 1.15 bits per heavy atom. The first-order chi connectivity index (χ1) is 12.9. The van der Waals surface area contributed by atoms with Crippen LogP contribution in [0.5, 0.6) is 0 Å². The molecule has 0 spiro atoms. The maximum Gasteiger partial charge on any atom is -0.000604 e. The summed E-state index contributed by atoms with van der Waals surface area (Å²) < 4.78 is 0. The molecular formula is C27H42. The van der Waals surface area contributed by atoms with E-state index in [1.165, 1.54) is 56.9 Å². The van der Waals surface area contributed by atoms with E-state index in [0.29, 0.717) is 11.8 Å². The van der Waals surface area contributed by atoms with Gasteiger partial charge in [-0.2, -0.15) is 0 Å². The average Bonchev–Trinajstić information content (AvgIpc) is 2.64. The lowest BCUT2D eigenvalue weighted by Gasteiger charge is -2.24. The van der Waals surface area contributed by atoms with Gasteiger partial charge in [0.1, 0.15) is 0 Å². The van der Waals surface area contributed by atoms with Gasteiger partial charge < -0.3 is 0 Å². The highest BCUT2D eigenvalue weighted by atomic mass is 14.2. The maximum atomic E-state index is 4.37. The third kappa shape index (κ3) is 8.81. The Morgan fingerprint density at radius 3 is 2.56 bits per heavy atom. The van der Waals surface area contributed by atoms with Gasteiger partial charge in [-0.1, -0.05) is 74.8 Å². The largest absolute Gasteiger partial charge is 0.132 e. The van der Waals surface area contributed by atoms with Crippen LogP contribution >= 0.6 is 0 Å². The molecule has 1 aliphatic carbocycles. The van der Waals surface area contributed by atoms with Crippen LogP contribution in [0, 0.1) is 11.8 Å². The molecule has 0 radical (unpaired) electrons. The zero-order valence-corrected chi connectivity index (χ0v) is 18.7. The number of unbranched alkanes of at least 4 members (excludes halogenated alkanes) is 1. The monoisotopic (exact) mass is 366 g/mol. The van der Waals surface area contributed by atoms with Gasteiger partial charge in [0.05, 0.1) is 0 Å². The summed E-state index contributed by atoms with van der Waals surface area (Å²) in [7, 11) is 0. The molecule has 0 heterocycles. The summed E-state index contributed by atoms with van der Waals surface area (Å²) in [6.45, 7) is 19.5. The van der Waals surface area contributed by atoms with Crippen molar-refractivity contribution in [3.63, 3.8) is 0 Å². The van der Waals surface area contributed by atoms with E-state index in [9.17, 15) is 0 Å². The van der Waals surface area contributed by atoms with Crippen molar-refractivity contribution in [1.82, 2.24) is 0 Å². The highest BCUT2D eigenvalue weighted by Crippen LogP contribution is 2.35. The van der Waals surface area contributed by atoms with Gasteiger partial charge >= 0.3 is 0 Å². The molecule has 27 heavy (non-hydrogen) atoms. The molecule has 0 nitrogen and oxygen atoms in total. The average molecular weight is 367 g/mol. The van der Waals surface area contributed by atoms with Gasteiger partial charge in [-0.3, -0.25) is 0 Å². The predicted octanol–water partition coefficient (Wildman–Crippen LogP) is 8.89. The zero-order chi connectivity index (χ0) is 20.2. The molecule has 2 atom stereocenters. The van der Waals surface area contributed by atoms with Crippen LogP contribution in [0.4, 0.5) is 0 Å². The van der Waals surface area contributed by atoms with Crippen molar-refractivity contribution in [3.8, 4) is 0 Å². The fourth-order valence-electron chi connectivity index (χ4n) is 3.80. The van der Waals surface area contributed by atoms with Crippen molar-refractivity contribution >= 4 is 0 Å². The minimum absolute atomic E-state index is 0.427. The van der Waals surface area contributed by atoms with E-state index in [4.69, 9.17) is 0 Å². The van der Waals surface area contributed by atoms with Gasteiger partial charge in [0.2, 0.25) is 0 Å². The summed E-state index contributed by atoms with van der Waals surface area (Å²) in [5.41, 5.74) is 10.7. The summed E-state index contributed by atoms with van der Waals surface area (Å²) in [5.74, 6) is 1.04. The normalized spacial score (nSPS) is 18.3. The fourth-order valence-corrected chi connectivity index (χ4v) is 3.80. The minimum atomic E-state index is 0.427. The van der Waals surface area contributed by atoms with Gasteiger partial charge in [0.25, 0.3) is 0 Å². The molecule has 0 bridgehead atoms. The molecule has 0 aromatic carbocycles. The van der Waals surface area contributed by atoms with Crippen LogP contribution in [0.15, 0.2) is 65.0 Å². The molecule has 0 N–H and O–H groups in total. The lowest BCUT2D eigenvalue weighted by Crippen LogP contribution is -2.04. The van der Waals surface area contributed by atoms with Gasteiger partial charge in [0.15, 0.2) is 0 Å². The van der Waals surface area contributed by atoms with Gasteiger partial charge in [0, 0.05) is 0 Å². The Labute approximate surface area is 169 Å². The molecule has 2 unspecified atom stereocenters. The van der Waals surface area contributed by atoms with Crippen LogP contribution in [-0.4, -0.2) is 0 Å². The molecule has 150 valence electrons. The Bertz CT molecular complexity index is 616. The summed E-state index contributed by atoms with van der Waals surface area (Å²) >= 11 is 0. The topological polar surface area (TPSA) is 0 Å². The smallest absolute Gasteiger partial charge is 0.000604 e. The highest BCUT2D eigenvalue weighted by Gasteiger charge is 2.16. The molecule has 0 aromatic rings. The second kappa shape index (κ2) is 12.8. The standard InChI is InChI=1S/C27H42/c1-8-10-15-27-24(6)13-11-14-26(27)20-25(7)23(5)19-18-22(4)17-16-21(3)12-9-2/h12,16-17,21-22H,2,6,8,10-11,13-15,18-20H2,1,3-5,7H3. The van der Waals surface area contributed by atoms with Crippen molar-refractivity contribution in [3.05, 3.63) is 65.0 Å². The molecule has 0 saturated carbocycles. The molecule has 0 aliphatic heterocycles. The van der Waals surface area contributed by atoms with Crippen LogP contribution in [0.3, 0.4) is 0 Å². The quantitative estimate of drug-likeness (QED) is 0.253. The maximum absolute atomic E-state index is 4.37. The van der Waals surface area contributed by atoms with E-state index < -0.39 is 0 Å². The molecule has 0 saturated heterocycles. The zero-order valence-electron chi connectivity index (χ0n) is 18.7. The third-order valence-corrected chi connectivity index (χ3v) is 5.90. The first-order valence-electron chi connectivity index (χ1n) is 11.0. The second-order valence-corrected chi connectivity index (χ2v) is 8.51. The Kier molecular flexibility index (Phi) is 11.1. The van der Waals surface area contributed by atoms with Crippen LogP contribution in [0.2, 0.25) is 0 Å². The summed E-state index contributed by atoms with van der Waals surface area (Å²) in [4.78, 5) is 0. The van der Waals surface area contributed by atoms with E-state index in [1.807, 2.05) is 6.08 Å². The molecule has 0 amide bonds. The lowest BCUT2D eigenvalue weighted by atomic mass is 9.82. The van der Waals surface area contributed by atoms with Crippen molar-refractivity contribution < 1.29 is 0 Å². The van der Waals surface area contributed by atoms with E-state index in [0.717, 1.165) is 6.42 Å². The molecule has 0 heteroatoms. The second-order valence-electron chi connectivity index (χ2n) is 8.51. The first-order valence-corrected chi connectivity index (χ1v) is 11.0. The van der Waals surface area contributed by atoms with E-state index in [-0.39, 0.29) is 0 Å². The van der Waals surface area contributed by atoms with Crippen LogP contribution in [-0.2, 0) is 0 Å².